The van der Waals surface area contributed by atoms with Crippen molar-refractivity contribution in [3.05, 3.63) is 0 Å². The molecule has 1 fully saturated rings. The number of hydrogen-bond acceptors (Lipinski definition) is 1. The van der Waals surface area contributed by atoms with Crippen LogP contribution < -0.4 is 5.32 Å². The van der Waals surface area contributed by atoms with Gasteiger partial charge in [0.05, 0.1) is 0 Å². The summed E-state index contributed by atoms with van der Waals surface area (Å²) < 4.78 is 0. The summed E-state index contributed by atoms with van der Waals surface area (Å²) in [7, 11) is 0. The van der Waals surface area contributed by atoms with Crippen LogP contribution in [0.4, 0.5) is 0 Å². The summed E-state index contributed by atoms with van der Waals surface area (Å²) in [5, 5.41) is 3.73. The molecule has 1 heteroatoms. The molecule has 0 aromatic carbocycles. The van der Waals surface area contributed by atoms with Crippen LogP contribution in [-0.2, 0) is 0 Å². The SMILES string of the molecule is CCCCCCCCCCNC1CCCCC1. The molecule has 17 heavy (non-hydrogen) atoms. The molecule has 0 aliphatic heterocycles. The molecule has 0 unspecified atom stereocenters. The van der Waals surface area contributed by atoms with Gasteiger partial charge in [-0.15, -0.1) is 0 Å². The first-order valence-corrected chi connectivity index (χ1v) is 8.17. The van der Waals surface area contributed by atoms with Gasteiger partial charge in [0.2, 0.25) is 0 Å². The molecule has 1 N–H and O–H groups in total. The summed E-state index contributed by atoms with van der Waals surface area (Å²) in [6.07, 6.45) is 18.7. The van der Waals surface area contributed by atoms with Crippen molar-refractivity contribution in [1.82, 2.24) is 5.32 Å². The lowest BCUT2D eigenvalue weighted by atomic mass is 9.95. The first kappa shape index (κ1) is 15.0. The lowest BCUT2D eigenvalue weighted by Crippen LogP contribution is -2.31. The van der Waals surface area contributed by atoms with Gasteiger partial charge in [-0.1, -0.05) is 71.1 Å². The lowest BCUT2D eigenvalue weighted by molar-refractivity contribution is 0.369. The van der Waals surface area contributed by atoms with Crippen LogP contribution in [0.15, 0.2) is 0 Å². The Morgan fingerprint density at radius 2 is 1.35 bits per heavy atom. The molecule has 1 aliphatic rings. The van der Waals surface area contributed by atoms with Crippen LogP contribution >= 0.6 is 0 Å². The van der Waals surface area contributed by atoms with Gasteiger partial charge in [-0.25, -0.2) is 0 Å². The monoisotopic (exact) mass is 239 g/mol. The van der Waals surface area contributed by atoms with E-state index in [-0.39, 0.29) is 0 Å². The van der Waals surface area contributed by atoms with Crippen LogP contribution in [0.2, 0.25) is 0 Å². The third-order valence-electron chi connectivity index (χ3n) is 4.07. The number of nitrogens with one attached hydrogen (secondary N) is 1. The van der Waals surface area contributed by atoms with E-state index in [4.69, 9.17) is 0 Å². The Labute approximate surface area is 109 Å². The third-order valence-corrected chi connectivity index (χ3v) is 4.07. The Bertz CT molecular complexity index is 150. The summed E-state index contributed by atoms with van der Waals surface area (Å²) in [6.45, 7) is 3.55. The Kier molecular flexibility index (Phi) is 9.78. The van der Waals surface area contributed by atoms with Gasteiger partial charge in [-0.2, -0.15) is 0 Å². The second-order valence-electron chi connectivity index (χ2n) is 5.76. The van der Waals surface area contributed by atoms with Crippen molar-refractivity contribution >= 4 is 0 Å². The summed E-state index contributed by atoms with van der Waals surface area (Å²) >= 11 is 0. The highest BCUT2D eigenvalue weighted by Crippen LogP contribution is 2.17. The van der Waals surface area contributed by atoms with E-state index in [2.05, 4.69) is 12.2 Å². The van der Waals surface area contributed by atoms with Gasteiger partial charge in [-0.3, -0.25) is 0 Å². The average molecular weight is 239 g/mol. The van der Waals surface area contributed by atoms with Gasteiger partial charge in [0, 0.05) is 6.04 Å². The fourth-order valence-electron chi connectivity index (χ4n) is 2.87. The topological polar surface area (TPSA) is 12.0 Å². The maximum absolute atomic E-state index is 3.73. The zero-order valence-electron chi connectivity index (χ0n) is 12.0. The predicted octanol–water partition coefficient (Wildman–Crippen LogP) is 5.05. The Balaban J connectivity index is 1.75. The molecule has 1 rings (SSSR count). The van der Waals surface area contributed by atoms with E-state index in [1.807, 2.05) is 0 Å². The Morgan fingerprint density at radius 3 is 2.00 bits per heavy atom. The van der Waals surface area contributed by atoms with Gasteiger partial charge >= 0.3 is 0 Å². The van der Waals surface area contributed by atoms with Crippen molar-refractivity contribution in [2.75, 3.05) is 6.54 Å². The van der Waals surface area contributed by atoms with Gasteiger partial charge in [0.1, 0.15) is 0 Å². The molecular weight excluding hydrogens is 206 g/mol. The molecule has 0 amide bonds. The molecule has 0 aromatic heterocycles. The molecule has 0 heterocycles. The molecule has 0 atom stereocenters. The molecule has 0 bridgehead atoms. The van der Waals surface area contributed by atoms with Gasteiger partial charge < -0.3 is 5.32 Å². The predicted molar refractivity (Wildman–Crippen MR) is 77.5 cm³/mol. The summed E-state index contributed by atoms with van der Waals surface area (Å²) in [4.78, 5) is 0. The van der Waals surface area contributed by atoms with E-state index in [9.17, 15) is 0 Å². The fraction of sp³-hybridized carbons (Fsp3) is 1.00. The summed E-state index contributed by atoms with van der Waals surface area (Å²) in [5.41, 5.74) is 0. The van der Waals surface area contributed by atoms with Crippen molar-refractivity contribution in [3.63, 3.8) is 0 Å². The van der Waals surface area contributed by atoms with E-state index in [0.29, 0.717) is 0 Å². The molecule has 1 aliphatic carbocycles. The van der Waals surface area contributed by atoms with E-state index >= 15 is 0 Å². The van der Waals surface area contributed by atoms with Crippen LogP contribution in [-0.4, -0.2) is 12.6 Å². The average Bonchev–Trinajstić information content (AvgIpc) is 2.38. The highest BCUT2D eigenvalue weighted by molar-refractivity contribution is 4.71. The van der Waals surface area contributed by atoms with Crippen molar-refractivity contribution in [2.24, 2.45) is 0 Å². The normalized spacial score (nSPS) is 17.5. The van der Waals surface area contributed by atoms with E-state index < -0.39 is 0 Å². The van der Waals surface area contributed by atoms with Crippen molar-refractivity contribution in [2.45, 2.75) is 96.4 Å². The molecule has 0 radical (unpaired) electrons. The molecule has 1 saturated carbocycles. The van der Waals surface area contributed by atoms with E-state index in [1.54, 1.807) is 0 Å². The smallest absolute Gasteiger partial charge is 0.00670 e. The Morgan fingerprint density at radius 1 is 0.765 bits per heavy atom. The molecule has 1 nitrogen and oxygen atoms in total. The zero-order valence-corrected chi connectivity index (χ0v) is 12.0. The molecule has 102 valence electrons. The lowest BCUT2D eigenvalue weighted by Gasteiger charge is -2.22. The van der Waals surface area contributed by atoms with Crippen molar-refractivity contribution in [1.29, 1.82) is 0 Å². The molecular formula is C16H33N. The number of hydrogen-bond donors (Lipinski definition) is 1. The second-order valence-corrected chi connectivity index (χ2v) is 5.76. The standard InChI is InChI=1S/C16H33N/c1-2-3-4-5-6-7-8-12-15-17-16-13-10-9-11-14-16/h16-17H,2-15H2,1H3. The first-order valence-electron chi connectivity index (χ1n) is 8.17. The minimum absolute atomic E-state index is 0.855. The van der Waals surface area contributed by atoms with Crippen LogP contribution in [0.1, 0.15) is 90.4 Å². The van der Waals surface area contributed by atoms with Crippen LogP contribution in [0.3, 0.4) is 0 Å². The van der Waals surface area contributed by atoms with Crippen molar-refractivity contribution in [3.8, 4) is 0 Å². The highest BCUT2D eigenvalue weighted by Gasteiger charge is 2.11. The molecule has 0 aromatic rings. The van der Waals surface area contributed by atoms with E-state index in [1.165, 1.54) is 90.0 Å². The largest absolute Gasteiger partial charge is 0.314 e. The van der Waals surface area contributed by atoms with Gasteiger partial charge in [0.15, 0.2) is 0 Å². The van der Waals surface area contributed by atoms with Gasteiger partial charge in [-0.05, 0) is 25.8 Å². The third kappa shape index (κ3) is 8.65. The summed E-state index contributed by atoms with van der Waals surface area (Å²) in [6, 6.07) is 0.855. The van der Waals surface area contributed by atoms with E-state index in [0.717, 1.165) is 6.04 Å². The maximum Gasteiger partial charge on any atom is 0.00670 e. The molecule has 0 saturated heterocycles. The second kappa shape index (κ2) is 11.1. The number of rotatable bonds is 10. The molecule has 0 spiro atoms. The van der Waals surface area contributed by atoms with Crippen LogP contribution in [0.25, 0.3) is 0 Å². The minimum Gasteiger partial charge on any atom is -0.314 e. The first-order chi connectivity index (χ1) is 8.43. The zero-order chi connectivity index (χ0) is 12.2. The van der Waals surface area contributed by atoms with Gasteiger partial charge in [0.25, 0.3) is 0 Å². The number of unbranched alkanes of at least 4 members (excludes halogenated alkanes) is 7. The van der Waals surface area contributed by atoms with Crippen LogP contribution in [0, 0.1) is 0 Å². The van der Waals surface area contributed by atoms with Crippen molar-refractivity contribution < 1.29 is 0 Å². The van der Waals surface area contributed by atoms with Crippen LogP contribution in [0.5, 0.6) is 0 Å². The Hall–Kier alpha value is -0.0400. The highest BCUT2D eigenvalue weighted by atomic mass is 14.9. The quantitative estimate of drug-likeness (QED) is 0.526. The fourth-order valence-corrected chi connectivity index (χ4v) is 2.87. The summed E-state index contributed by atoms with van der Waals surface area (Å²) in [5.74, 6) is 0. The minimum atomic E-state index is 0.855. The maximum atomic E-state index is 3.73.